The number of sulfonamides is 1. The summed E-state index contributed by atoms with van der Waals surface area (Å²) in [5.41, 5.74) is 0.470. The summed E-state index contributed by atoms with van der Waals surface area (Å²) in [5, 5.41) is 3.11. The van der Waals surface area contributed by atoms with Crippen LogP contribution >= 0.6 is 11.6 Å². The summed E-state index contributed by atoms with van der Waals surface area (Å²) >= 11 is 6.12. The smallest absolute Gasteiger partial charge is 0.261 e. The number of methoxy groups -OCH3 is 1. The number of benzene rings is 2. The number of rotatable bonds is 8. The third-order valence-corrected chi connectivity index (χ3v) is 5.66. The molecule has 0 aliphatic carbocycles. The van der Waals surface area contributed by atoms with Crippen molar-refractivity contribution in [3.8, 4) is 5.75 Å². The van der Waals surface area contributed by atoms with E-state index in [-0.39, 0.29) is 33.1 Å². The molecule has 0 saturated heterocycles. The fourth-order valence-corrected chi connectivity index (χ4v) is 3.79. The molecule has 0 unspecified atom stereocenters. The van der Waals surface area contributed by atoms with Crippen LogP contribution in [0.15, 0.2) is 47.4 Å². The number of nitrogens with one attached hydrogen (secondary N) is 2. The van der Waals surface area contributed by atoms with E-state index in [0.717, 1.165) is 12.8 Å². The average molecular weight is 411 g/mol. The van der Waals surface area contributed by atoms with Crippen molar-refractivity contribution in [1.82, 2.24) is 5.32 Å². The summed E-state index contributed by atoms with van der Waals surface area (Å²) in [6.07, 6.45) is 1.78. The second-order valence-electron chi connectivity index (χ2n) is 6.14. The molecule has 1 atom stereocenters. The molecule has 27 heavy (non-hydrogen) atoms. The molecule has 146 valence electrons. The van der Waals surface area contributed by atoms with Crippen LogP contribution in [0.5, 0.6) is 5.75 Å². The van der Waals surface area contributed by atoms with Gasteiger partial charge < -0.3 is 10.1 Å². The van der Waals surface area contributed by atoms with Crippen molar-refractivity contribution in [1.29, 1.82) is 0 Å². The quantitative estimate of drug-likeness (QED) is 0.687. The van der Waals surface area contributed by atoms with Crippen molar-refractivity contribution < 1.29 is 17.9 Å². The van der Waals surface area contributed by atoms with Crippen LogP contribution in [0.1, 0.15) is 37.0 Å². The van der Waals surface area contributed by atoms with E-state index in [2.05, 4.69) is 10.0 Å². The monoisotopic (exact) mass is 410 g/mol. The molecule has 0 radical (unpaired) electrons. The molecule has 0 aliphatic heterocycles. The average Bonchev–Trinajstić information content (AvgIpc) is 2.63. The fourth-order valence-electron chi connectivity index (χ4n) is 2.54. The van der Waals surface area contributed by atoms with Gasteiger partial charge in [-0.1, -0.05) is 24.9 Å². The number of ether oxygens (including phenoxy) is 1. The fraction of sp³-hybridized carbons (Fsp3) is 0.316. The van der Waals surface area contributed by atoms with Gasteiger partial charge in [-0.3, -0.25) is 9.52 Å². The van der Waals surface area contributed by atoms with Gasteiger partial charge in [0.25, 0.3) is 15.9 Å². The van der Waals surface area contributed by atoms with Gasteiger partial charge in [-0.2, -0.15) is 0 Å². The second-order valence-corrected chi connectivity index (χ2v) is 8.23. The SMILES string of the molecule is CCC[C@H](C)NC(=O)c1cc(NS(=O)(=O)c2ccc(OC)cc2)ccc1Cl. The third-order valence-electron chi connectivity index (χ3n) is 3.93. The Labute approximate surface area is 164 Å². The Morgan fingerprint density at radius 2 is 1.85 bits per heavy atom. The molecule has 2 rings (SSSR count). The van der Waals surface area contributed by atoms with Gasteiger partial charge in [0.2, 0.25) is 0 Å². The normalized spacial score (nSPS) is 12.3. The van der Waals surface area contributed by atoms with Gasteiger partial charge in [0.05, 0.1) is 22.6 Å². The topological polar surface area (TPSA) is 84.5 Å². The van der Waals surface area contributed by atoms with Crippen molar-refractivity contribution in [2.75, 3.05) is 11.8 Å². The second kappa shape index (κ2) is 9.10. The Morgan fingerprint density at radius 3 is 2.44 bits per heavy atom. The summed E-state index contributed by atoms with van der Waals surface area (Å²) in [6, 6.07) is 10.4. The minimum atomic E-state index is -3.81. The van der Waals surface area contributed by atoms with Crippen LogP contribution in [-0.4, -0.2) is 27.5 Å². The summed E-state index contributed by atoms with van der Waals surface area (Å²) in [5.74, 6) is 0.215. The number of halogens is 1. The minimum Gasteiger partial charge on any atom is -0.497 e. The molecule has 6 nitrogen and oxygen atoms in total. The molecule has 2 aromatic carbocycles. The predicted molar refractivity (Wildman–Crippen MR) is 107 cm³/mol. The van der Waals surface area contributed by atoms with Crippen LogP contribution in [-0.2, 0) is 10.0 Å². The molecule has 0 aliphatic rings. The molecule has 2 aromatic rings. The highest BCUT2D eigenvalue weighted by molar-refractivity contribution is 7.92. The first-order chi connectivity index (χ1) is 12.8. The molecule has 1 amide bonds. The Morgan fingerprint density at radius 1 is 1.19 bits per heavy atom. The lowest BCUT2D eigenvalue weighted by Gasteiger charge is -2.15. The summed E-state index contributed by atoms with van der Waals surface area (Å²) in [6.45, 7) is 3.94. The number of anilines is 1. The molecule has 0 spiro atoms. The highest BCUT2D eigenvalue weighted by Crippen LogP contribution is 2.24. The number of hydrogen-bond donors (Lipinski definition) is 2. The summed E-state index contributed by atoms with van der Waals surface area (Å²) in [7, 11) is -2.30. The maximum Gasteiger partial charge on any atom is 0.261 e. The van der Waals surface area contributed by atoms with Gasteiger partial charge in [0.1, 0.15) is 5.75 Å². The van der Waals surface area contributed by atoms with Gasteiger partial charge >= 0.3 is 0 Å². The van der Waals surface area contributed by atoms with Crippen LogP contribution in [0.25, 0.3) is 0 Å². The van der Waals surface area contributed by atoms with E-state index in [1.807, 2.05) is 13.8 Å². The van der Waals surface area contributed by atoms with E-state index in [1.165, 1.54) is 37.4 Å². The lowest BCUT2D eigenvalue weighted by atomic mass is 10.1. The maximum absolute atomic E-state index is 12.5. The van der Waals surface area contributed by atoms with Crippen molar-refractivity contribution in [2.45, 2.75) is 37.6 Å². The Bertz CT molecular complexity index is 898. The molecular formula is C19H23ClN2O4S. The van der Waals surface area contributed by atoms with E-state index in [9.17, 15) is 13.2 Å². The molecule has 8 heteroatoms. The molecular weight excluding hydrogens is 388 g/mol. The summed E-state index contributed by atoms with van der Waals surface area (Å²) in [4.78, 5) is 12.5. The number of carbonyl (C=O) groups excluding carboxylic acids is 1. The zero-order chi connectivity index (χ0) is 20.0. The maximum atomic E-state index is 12.5. The highest BCUT2D eigenvalue weighted by Gasteiger charge is 2.18. The van der Waals surface area contributed by atoms with Crippen molar-refractivity contribution in [3.63, 3.8) is 0 Å². The van der Waals surface area contributed by atoms with Gasteiger partial charge in [0.15, 0.2) is 0 Å². The zero-order valence-electron chi connectivity index (χ0n) is 15.5. The molecule has 0 fully saturated rings. The van der Waals surface area contributed by atoms with E-state index in [4.69, 9.17) is 16.3 Å². The minimum absolute atomic E-state index is 0.00165. The van der Waals surface area contributed by atoms with Crippen LogP contribution in [0, 0.1) is 0 Å². The van der Waals surface area contributed by atoms with Gasteiger partial charge in [-0.25, -0.2) is 8.42 Å². The molecule has 0 saturated carbocycles. The molecule has 2 N–H and O–H groups in total. The number of carbonyl (C=O) groups is 1. The van der Waals surface area contributed by atoms with Gasteiger partial charge in [-0.15, -0.1) is 0 Å². The predicted octanol–water partition coefficient (Wildman–Crippen LogP) is 4.07. The summed E-state index contributed by atoms with van der Waals surface area (Å²) < 4.78 is 32.6. The van der Waals surface area contributed by atoms with Crippen molar-refractivity contribution >= 4 is 33.2 Å². The van der Waals surface area contributed by atoms with Crippen LogP contribution in [0.2, 0.25) is 5.02 Å². The highest BCUT2D eigenvalue weighted by atomic mass is 35.5. The number of amides is 1. The van der Waals surface area contributed by atoms with Crippen LogP contribution < -0.4 is 14.8 Å². The van der Waals surface area contributed by atoms with Gasteiger partial charge in [0, 0.05) is 11.7 Å². The van der Waals surface area contributed by atoms with E-state index in [0.29, 0.717) is 5.75 Å². The third kappa shape index (κ3) is 5.61. The first-order valence-electron chi connectivity index (χ1n) is 8.54. The lowest BCUT2D eigenvalue weighted by Crippen LogP contribution is -2.32. The van der Waals surface area contributed by atoms with Crippen LogP contribution in [0.3, 0.4) is 0 Å². The number of hydrogen-bond acceptors (Lipinski definition) is 4. The first-order valence-corrected chi connectivity index (χ1v) is 10.4. The Balaban J connectivity index is 2.22. The molecule has 0 bridgehead atoms. The van der Waals surface area contributed by atoms with E-state index >= 15 is 0 Å². The molecule has 0 heterocycles. The van der Waals surface area contributed by atoms with Gasteiger partial charge in [-0.05, 0) is 55.8 Å². The zero-order valence-corrected chi connectivity index (χ0v) is 17.0. The van der Waals surface area contributed by atoms with Crippen LogP contribution in [0.4, 0.5) is 5.69 Å². The lowest BCUT2D eigenvalue weighted by molar-refractivity contribution is 0.0938. The molecule has 0 aromatic heterocycles. The van der Waals surface area contributed by atoms with Crippen molar-refractivity contribution in [3.05, 3.63) is 53.1 Å². The van der Waals surface area contributed by atoms with Crippen molar-refractivity contribution in [2.24, 2.45) is 0 Å². The standard InChI is InChI=1S/C19H23ClN2O4S/c1-4-5-13(2)21-19(23)17-12-14(6-11-18(17)20)22-27(24,25)16-9-7-15(26-3)8-10-16/h6-13,22H,4-5H2,1-3H3,(H,21,23)/t13-/m0/s1. The largest absolute Gasteiger partial charge is 0.497 e. The Kier molecular flexibility index (Phi) is 7.10. The van der Waals surface area contributed by atoms with E-state index in [1.54, 1.807) is 12.1 Å². The first kappa shape index (κ1) is 21.1. The van der Waals surface area contributed by atoms with E-state index < -0.39 is 10.0 Å². The Hall–Kier alpha value is -2.25.